The maximum atomic E-state index is 11.0. The molecule has 7 nitrogen and oxygen atoms in total. The van der Waals surface area contributed by atoms with Gasteiger partial charge in [0.05, 0.1) is 11.5 Å². The fraction of sp³-hybridized carbons (Fsp3) is 0.318. The molecule has 3 aromatic rings. The summed E-state index contributed by atoms with van der Waals surface area (Å²) < 4.78 is 5.97. The summed E-state index contributed by atoms with van der Waals surface area (Å²) in [5.74, 6) is 0.547. The Bertz CT molecular complexity index is 980. The summed E-state index contributed by atoms with van der Waals surface area (Å²) in [5.41, 5.74) is 3.45. The Balaban J connectivity index is 1.38. The lowest BCUT2D eigenvalue weighted by Crippen LogP contribution is -2.19. The first-order valence-electron chi connectivity index (χ1n) is 9.65. The number of hydrogen-bond donors (Lipinski definition) is 1. The van der Waals surface area contributed by atoms with Gasteiger partial charge in [0.25, 0.3) is 0 Å². The number of nitrogens with zero attached hydrogens (tertiary/aromatic N) is 4. The SMILES string of the molecule is CN(C)c1ccc(-c2nnc(C3CCN(Cc4ccc(C(=O)O)cc4)C3)o2)cc1. The van der Waals surface area contributed by atoms with Crippen molar-refractivity contribution >= 4 is 11.7 Å². The van der Waals surface area contributed by atoms with E-state index in [1.807, 2.05) is 55.4 Å². The Morgan fingerprint density at radius 1 is 1.14 bits per heavy atom. The van der Waals surface area contributed by atoms with Crippen LogP contribution in [0, 0.1) is 0 Å². The number of likely N-dealkylation sites (tertiary alicyclic amines) is 1. The fourth-order valence-electron chi connectivity index (χ4n) is 3.61. The van der Waals surface area contributed by atoms with Crippen LogP contribution in [0.1, 0.15) is 34.2 Å². The third-order valence-electron chi connectivity index (χ3n) is 5.30. The number of benzene rings is 2. The summed E-state index contributed by atoms with van der Waals surface area (Å²) in [6.45, 7) is 2.58. The van der Waals surface area contributed by atoms with Crippen molar-refractivity contribution in [1.29, 1.82) is 0 Å². The molecule has 0 saturated carbocycles. The maximum Gasteiger partial charge on any atom is 0.335 e. The predicted molar refractivity (Wildman–Crippen MR) is 110 cm³/mol. The summed E-state index contributed by atoms with van der Waals surface area (Å²) in [7, 11) is 4.01. The summed E-state index contributed by atoms with van der Waals surface area (Å²) in [6, 6.07) is 15.1. The van der Waals surface area contributed by atoms with Crippen LogP contribution < -0.4 is 4.90 Å². The third kappa shape index (κ3) is 4.30. The molecule has 150 valence electrons. The van der Waals surface area contributed by atoms with Crippen molar-refractivity contribution in [2.24, 2.45) is 0 Å². The highest BCUT2D eigenvalue weighted by Gasteiger charge is 2.28. The molecule has 0 bridgehead atoms. The van der Waals surface area contributed by atoms with E-state index in [-0.39, 0.29) is 5.92 Å². The van der Waals surface area contributed by atoms with Crippen molar-refractivity contribution < 1.29 is 14.3 Å². The Labute approximate surface area is 169 Å². The topological polar surface area (TPSA) is 82.7 Å². The summed E-state index contributed by atoms with van der Waals surface area (Å²) in [4.78, 5) is 15.3. The van der Waals surface area contributed by atoms with Gasteiger partial charge in [0.15, 0.2) is 0 Å². The van der Waals surface area contributed by atoms with E-state index in [4.69, 9.17) is 9.52 Å². The molecule has 0 spiro atoms. The maximum absolute atomic E-state index is 11.0. The van der Waals surface area contributed by atoms with E-state index in [9.17, 15) is 4.79 Å². The van der Waals surface area contributed by atoms with Gasteiger partial charge in [0, 0.05) is 38.4 Å². The second-order valence-electron chi connectivity index (χ2n) is 7.61. The van der Waals surface area contributed by atoms with Crippen molar-refractivity contribution in [2.75, 3.05) is 32.1 Å². The minimum absolute atomic E-state index is 0.218. The lowest BCUT2D eigenvalue weighted by molar-refractivity contribution is 0.0697. The molecule has 0 aliphatic carbocycles. The van der Waals surface area contributed by atoms with E-state index >= 15 is 0 Å². The van der Waals surface area contributed by atoms with Gasteiger partial charge in [-0.25, -0.2) is 4.79 Å². The lowest BCUT2D eigenvalue weighted by atomic mass is 10.1. The molecule has 1 aliphatic rings. The van der Waals surface area contributed by atoms with Crippen LogP contribution in [0.3, 0.4) is 0 Å². The number of rotatable bonds is 6. The zero-order valence-electron chi connectivity index (χ0n) is 16.6. The summed E-state index contributed by atoms with van der Waals surface area (Å²) >= 11 is 0. The number of hydrogen-bond acceptors (Lipinski definition) is 6. The van der Waals surface area contributed by atoms with Crippen molar-refractivity contribution in [1.82, 2.24) is 15.1 Å². The van der Waals surface area contributed by atoms with Crippen LogP contribution in [-0.4, -0.2) is 53.4 Å². The summed E-state index contributed by atoms with van der Waals surface area (Å²) in [5, 5.41) is 17.5. The van der Waals surface area contributed by atoms with E-state index in [1.54, 1.807) is 12.1 Å². The van der Waals surface area contributed by atoms with Crippen LogP contribution in [-0.2, 0) is 6.54 Å². The van der Waals surface area contributed by atoms with Gasteiger partial charge in [0.1, 0.15) is 0 Å². The third-order valence-corrected chi connectivity index (χ3v) is 5.30. The number of aromatic carboxylic acids is 1. The Kier molecular flexibility index (Phi) is 5.31. The number of aromatic nitrogens is 2. The minimum Gasteiger partial charge on any atom is -0.478 e. The van der Waals surface area contributed by atoms with Crippen molar-refractivity contribution in [3.05, 3.63) is 65.5 Å². The van der Waals surface area contributed by atoms with Crippen molar-refractivity contribution in [2.45, 2.75) is 18.9 Å². The fourth-order valence-corrected chi connectivity index (χ4v) is 3.61. The predicted octanol–water partition coefficient (Wildman–Crippen LogP) is 3.49. The average molecular weight is 392 g/mol. The largest absolute Gasteiger partial charge is 0.478 e. The quantitative estimate of drug-likeness (QED) is 0.687. The van der Waals surface area contributed by atoms with Crippen LogP contribution in [0.25, 0.3) is 11.5 Å². The van der Waals surface area contributed by atoms with Gasteiger partial charge in [-0.15, -0.1) is 10.2 Å². The van der Waals surface area contributed by atoms with E-state index in [2.05, 4.69) is 15.1 Å². The number of carboxylic acid groups (broad SMARTS) is 1. The number of carboxylic acids is 1. The Morgan fingerprint density at radius 2 is 1.86 bits per heavy atom. The van der Waals surface area contributed by atoms with Gasteiger partial charge in [-0.2, -0.15) is 0 Å². The molecule has 4 rings (SSSR count). The molecule has 1 fully saturated rings. The van der Waals surface area contributed by atoms with Gasteiger partial charge < -0.3 is 14.4 Å². The Morgan fingerprint density at radius 3 is 2.52 bits per heavy atom. The molecule has 2 aromatic carbocycles. The molecule has 2 heterocycles. The van der Waals surface area contributed by atoms with E-state index in [0.717, 1.165) is 42.9 Å². The molecule has 1 saturated heterocycles. The molecular formula is C22H24N4O3. The zero-order chi connectivity index (χ0) is 20.4. The van der Waals surface area contributed by atoms with Crippen LogP contribution in [0.2, 0.25) is 0 Å². The molecule has 1 unspecified atom stereocenters. The number of anilines is 1. The molecular weight excluding hydrogens is 368 g/mol. The van der Waals surface area contributed by atoms with E-state index in [1.165, 1.54) is 0 Å². The van der Waals surface area contributed by atoms with Crippen molar-refractivity contribution in [3.8, 4) is 11.5 Å². The highest BCUT2D eigenvalue weighted by molar-refractivity contribution is 5.87. The van der Waals surface area contributed by atoms with Crippen LogP contribution in [0.4, 0.5) is 5.69 Å². The standard InChI is InChI=1S/C22H24N4O3/c1-25(2)19-9-7-16(8-10-19)20-23-24-21(29-20)18-11-12-26(14-18)13-15-3-5-17(6-4-15)22(27)28/h3-10,18H,11-14H2,1-2H3,(H,27,28). The first kappa shape index (κ1) is 19.1. The van der Waals surface area contributed by atoms with Crippen LogP contribution >= 0.6 is 0 Å². The van der Waals surface area contributed by atoms with Gasteiger partial charge in [-0.05, 0) is 54.9 Å². The molecule has 1 aromatic heterocycles. The van der Waals surface area contributed by atoms with Crippen molar-refractivity contribution in [3.63, 3.8) is 0 Å². The van der Waals surface area contributed by atoms with Gasteiger partial charge >= 0.3 is 5.97 Å². The molecule has 29 heavy (non-hydrogen) atoms. The van der Waals surface area contributed by atoms with Gasteiger partial charge in [-0.1, -0.05) is 12.1 Å². The molecule has 0 amide bonds. The monoisotopic (exact) mass is 392 g/mol. The normalized spacial score (nSPS) is 16.8. The van der Waals surface area contributed by atoms with E-state index in [0.29, 0.717) is 17.3 Å². The van der Waals surface area contributed by atoms with Gasteiger partial charge in [0.2, 0.25) is 11.8 Å². The van der Waals surface area contributed by atoms with Crippen LogP contribution in [0.15, 0.2) is 52.9 Å². The molecule has 1 aliphatic heterocycles. The first-order chi connectivity index (χ1) is 14.0. The van der Waals surface area contributed by atoms with E-state index < -0.39 is 5.97 Å². The lowest BCUT2D eigenvalue weighted by Gasteiger charge is -2.15. The number of carbonyl (C=O) groups is 1. The molecule has 7 heteroatoms. The van der Waals surface area contributed by atoms with Crippen LogP contribution in [0.5, 0.6) is 0 Å². The average Bonchev–Trinajstić information content (AvgIpc) is 3.38. The second kappa shape index (κ2) is 8.05. The Hall–Kier alpha value is -3.19. The molecule has 0 radical (unpaired) electrons. The highest BCUT2D eigenvalue weighted by Crippen LogP contribution is 2.30. The molecule has 1 N–H and O–H groups in total. The highest BCUT2D eigenvalue weighted by atomic mass is 16.4. The minimum atomic E-state index is -0.902. The smallest absolute Gasteiger partial charge is 0.335 e. The summed E-state index contributed by atoms with van der Waals surface area (Å²) in [6.07, 6.45) is 0.967. The molecule has 1 atom stereocenters. The zero-order valence-corrected chi connectivity index (χ0v) is 16.6. The van der Waals surface area contributed by atoms with Gasteiger partial charge in [-0.3, -0.25) is 4.90 Å². The first-order valence-corrected chi connectivity index (χ1v) is 9.65. The second-order valence-corrected chi connectivity index (χ2v) is 7.61.